The van der Waals surface area contributed by atoms with Crippen LogP contribution in [-0.2, 0) is 6.42 Å². The Morgan fingerprint density at radius 1 is 1.19 bits per heavy atom. The molecule has 1 heterocycles. The van der Waals surface area contributed by atoms with Gasteiger partial charge in [0.2, 0.25) is 0 Å². The normalized spacial score (nSPS) is 12.7. The van der Waals surface area contributed by atoms with E-state index in [9.17, 15) is 0 Å². The zero-order chi connectivity index (χ0) is 11.5. The van der Waals surface area contributed by atoms with E-state index in [-0.39, 0.29) is 6.04 Å². The standard InChI is InChI=1S/C14H17NS/c1-10-4-3-5-12(8-10)9-13(15)14-7-6-11(2)16-14/h3-8,13H,9,15H2,1-2H3. The lowest BCUT2D eigenvalue weighted by Gasteiger charge is -2.10. The van der Waals surface area contributed by atoms with Crippen LogP contribution in [0.3, 0.4) is 0 Å². The molecule has 0 bridgehead atoms. The Morgan fingerprint density at radius 2 is 2.00 bits per heavy atom. The first-order valence-electron chi connectivity index (χ1n) is 5.52. The van der Waals surface area contributed by atoms with Crippen molar-refractivity contribution < 1.29 is 0 Å². The van der Waals surface area contributed by atoms with Gasteiger partial charge in [0.1, 0.15) is 0 Å². The van der Waals surface area contributed by atoms with E-state index in [0.717, 1.165) is 6.42 Å². The van der Waals surface area contributed by atoms with Gasteiger partial charge in [-0.15, -0.1) is 11.3 Å². The third-order valence-corrected chi connectivity index (χ3v) is 3.80. The molecule has 0 fully saturated rings. The van der Waals surface area contributed by atoms with Crippen LogP contribution in [-0.4, -0.2) is 0 Å². The molecule has 0 spiro atoms. The molecule has 0 radical (unpaired) electrons. The summed E-state index contributed by atoms with van der Waals surface area (Å²) in [5.41, 5.74) is 8.82. The minimum Gasteiger partial charge on any atom is -0.323 e. The second-order valence-electron chi connectivity index (χ2n) is 4.25. The number of hydrogen-bond donors (Lipinski definition) is 1. The van der Waals surface area contributed by atoms with Crippen molar-refractivity contribution in [3.8, 4) is 0 Å². The van der Waals surface area contributed by atoms with E-state index in [0.29, 0.717) is 0 Å². The molecule has 84 valence electrons. The maximum absolute atomic E-state index is 6.20. The highest BCUT2D eigenvalue weighted by atomic mass is 32.1. The summed E-state index contributed by atoms with van der Waals surface area (Å²) in [6.07, 6.45) is 0.918. The van der Waals surface area contributed by atoms with E-state index in [1.54, 1.807) is 11.3 Å². The van der Waals surface area contributed by atoms with Crippen molar-refractivity contribution >= 4 is 11.3 Å². The SMILES string of the molecule is Cc1cccc(CC(N)c2ccc(C)s2)c1. The van der Waals surface area contributed by atoms with Gasteiger partial charge in [-0.05, 0) is 38.0 Å². The Morgan fingerprint density at radius 3 is 2.62 bits per heavy atom. The van der Waals surface area contributed by atoms with E-state index >= 15 is 0 Å². The van der Waals surface area contributed by atoms with E-state index in [4.69, 9.17) is 5.73 Å². The van der Waals surface area contributed by atoms with Gasteiger partial charge in [-0.1, -0.05) is 29.8 Å². The Bertz CT molecular complexity index is 473. The van der Waals surface area contributed by atoms with Crippen LogP contribution in [0.1, 0.15) is 26.9 Å². The quantitative estimate of drug-likeness (QED) is 0.858. The van der Waals surface area contributed by atoms with Gasteiger partial charge >= 0.3 is 0 Å². The highest BCUT2D eigenvalue weighted by Crippen LogP contribution is 2.24. The highest BCUT2D eigenvalue weighted by molar-refractivity contribution is 7.12. The van der Waals surface area contributed by atoms with Crippen molar-refractivity contribution in [3.05, 3.63) is 57.3 Å². The molecule has 2 N–H and O–H groups in total. The van der Waals surface area contributed by atoms with Crippen LogP contribution in [0.15, 0.2) is 36.4 Å². The number of rotatable bonds is 3. The number of benzene rings is 1. The zero-order valence-corrected chi connectivity index (χ0v) is 10.6. The average molecular weight is 231 g/mol. The van der Waals surface area contributed by atoms with E-state index in [1.807, 2.05) is 0 Å². The molecule has 1 aromatic heterocycles. The van der Waals surface area contributed by atoms with Gasteiger partial charge in [0.05, 0.1) is 0 Å². The Kier molecular flexibility index (Phi) is 3.42. The lowest BCUT2D eigenvalue weighted by molar-refractivity contribution is 0.736. The summed E-state index contributed by atoms with van der Waals surface area (Å²) in [6, 6.07) is 13.0. The molecule has 0 amide bonds. The first-order valence-corrected chi connectivity index (χ1v) is 6.34. The molecular formula is C14H17NS. The predicted molar refractivity (Wildman–Crippen MR) is 70.9 cm³/mol. The maximum Gasteiger partial charge on any atom is 0.0430 e. The molecule has 2 rings (SSSR count). The molecular weight excluding hydrogens is 214 g/mol. The van der Waals surface area contributed by atoms with Crippen LogP contribution in [0.5, 0.6) is 0 Å². The van der Waals surface area contributed by atoms with Gasteiger partial charge in [0, 0.05) is 15.8 Å². The number of aryl methyl sites for hydroxylation is 2. The molecule has 2 heteroatoms. The molecule has 2 aromatic rings. The minimum absolute atomic E-state index is 0.125. The second kappa shape index (κ2) is 4.81. The van der Waals surface area contributed by atoms with Crippen LogP contribution >= 0.6 is 11.3 Å². The molecule has 16 heavy (non-hydrogen) atoms. The van der Waals surface area contributed by atoms with Crippen LogP contribution in [0, 0.1) is 13.8 Å². The topological polar surface area (TPSA) is 26.0 Å². The largest absolute Gasteiger partial charge is 0.323 e. The summed E-state index contributed by atoms with van der Waals surface area (Å²) in [7, 11) is 0. The predicted octanol–water partition coefficient (Wildman–Crippen LogP) is 3.61. The molecule has 0 aliphatic rings. The summed E-state index contributed by atoms with van der Waals surface area (Å²) in [5, 5.41) is 0. The van der Waals surface area contributed by atoms with Gasteiger partial charge < -0.3 is 5.73 Å². The van der Waals surface area contributed by atoms with Crippen molar-refractivity contribution in [2.75, 3.05) is 0 Å². The summed E-state index contributed by atoms with van der Waals surface area (Å²) in [4.78, 5) is 2.61. The lowest BCUT2D eigenvalue weighted by atomic mass is 10.0. The van der Waals surface area contributed by atoms with Gasteiger partial charge in [-0.2, -0.15) is 0 Å². The number of hydrogen-bond acceptors (Lipinski definition) is 2. The first-order chi connectivity index (χ1) is 7.65. The van der Waals surface area contributed by atoms with Crippen LogP contribution in [0.25, 0.3) is 0 Å². The second-order valence-corrected chi connectivity index (χ2v) is 5.57. The average Bonchev–Trinajstić information content (AvgIpc) is 2.65. The van der Waals surface area contributed by atoms with Gasteiger partial charge in [0.25, 0.3) is 0 Å². The fourth-order valence-electron chi connectivity index (χ4n) is 1.85. The van der Waals surface area contributed by atoms with E-state index < -0.39 is 0 Å². The van der Waals surface area contributed by atoms with E-state index in [1.165, 1.54) is 20.9 Å². The van der Waals surface area contributed by atoms with Crippen molar-refractivity contribution in [3.63, 3.8) is 0 Å². The summed E-state index contributed by atoms with van der Waals surface area (Å²) in [5.74, 6) is 0. The molecule has 1 unspecified atom stereocenters. The Balaban J connectivity index is 2.10. The van der Waals surface area contributed by atoms with Crippen LogP contribution in [0.2, 0.25) is 0 Å². The third-order valence-electron chi connectivity index (χ3n) is 2.66. The zero-order valence-electron chi connectivity index (χ0n) is 9.73. The first kappa shape index (κ1) is 11.4. The van der Waals surface area contributed by atoms with Crippen molar-refractivity contribution in [2.24, 2.45) is 5.73 Å². The molecule has 1 nitrogen and oxygen atoms in total. The Hall–Kier alpha value is -1.12. The molecule has 0 aliphatic heterocycles. The fraction of sp³-hybridized carbons (Fsp3) is 0.286. The summed E-state index contributed by atoms with van der Waals surface area (Å²) >= 11 is 1.79. The smallest absolute Gasteiger partial charge is 0.0430 e. The minimum atomic E-state index is 0.125. The molecule has 0 saturated heterocycles. The monoisotopic (exact) mass is 231 g/mol. The molecule has 0 aliphatic carbocycles. The molecule has 0 saturated carbocycles. The summed E-state index contributed by atoms with van der Waals surface area (Å²) in [6.45, 7) is 4.23. The van der Waals surface area contributed by atoms with Crippen LogP contribution < -0.4 is 5.73 Å². The van der Waals surface area contributed by atoms with Crippen molar-refractivity contribution in [2.45, 2.75) is 26.3 Å². The molecule has 1 atom stereocenters. The van der Waals surface area contributed by atoms with E-state index in [2.05, 4.69) is 50.2 Å². The molecule has 1 aromatic carbocycles. The number of nitrogens with two attached hydrogens (primary N) is 1. The van der Waals surface area contributed by atoms with Gasteiger partial charge in [-0.3, -0.25) is 0 Å². The maximum atomic E-state index is 6.20. The van der Waals surface area contributed by atoms with Gasteiger partial charge in [0.15, 0.2) is 0 Å². The number of thiophene rings is 1. The Labute approximate surface area is 101 Å². The fourth-order valence-corrected chi connectivity index (χ4v) is 2.73. The van der Waals surface area contributed by atoms with Gasteiger partial charge in [-0.25, -0.2) is 0 Å². The van der Waals surface area contributed by atoms with Crippen molar-refractivity contribution in [1.82, 2.24) is 0 Å². The highest BCUT2D eigenvalue weighted by Gasteiger charge is 2.08. The van der Waals surface area contributed by atoms with Crippen LogP contribution in [0.4, 0.5) is 0 Å². The lowest BCUT2D eigenvalue weighted by Crippen LogP contribution is -2.11. The third kappa shape index (κ3) is 2.71. The summed E-state index contributed by atoms with van der Waals surface area (Å²) < 4.78 is 0. The van der Waals surface area contributed by atoms with Crippen molar-refractivity contribution in [1.29, 1.82) is 0 Å².